The molecule has 7 nitrogen and oxygen atoms in total. The van der Waals surface area contributed by atoms with E-state index >= 15 is 0 Å². The van der Waals surface area contributed by atoms with E-state index in [1.807, 2.05) is 47.1 Å². The van der Waals surface area contributed by atoms with Crippen LogP contribution in [0.1, 0.15) is 18.9 Å². The molecule has 27 heavy (non-hydrogen) atoms. The fourth-order valence-electron chi connectivity index (χ4n) is 3.76. The van der Waals surface area contributed by atoms with Gasteiger partial charge in [0.05, 0.1) is 37.4 Å². The zero-order valence-corrected chi connectivity index (χ0v) is 15.4. The third-order valence-electron chi connectivity index (χ3n) is 5.18. The third kappa shape index (κ3) is 3.78. The Bertz CT molecular complexity index is 931. The summed E-state index contributed by atoms with van der Waals surface area (Å²) in [6.45, 7) is 2.35. The Morgan fingerprint density at radius 3 is 2.74 bits per heavy atom. The summed E-state index contributed by atoms with van der Waals surface area (Å²) in [6.07, 6.45) is 1.98. The van der Waals surface area contributed by atoms with Crippen molar-refractivity contribution in [2.45, 2.75) is 18.9 Å². The van der Waals surface area contributed by atoms with Crippen molar-refractivity contribution in [3.63, 3.8) is 0 Å². The molecule has 1 aromatic heterocycles. The molecule has 0 saturated carbocycles. The normalized spacial score (nSPS) is 19.7. The van der Waals surface area contributed by atoms with E-state index in [1.165, 1.54) is 4.90 Å². The highest BCUT2D eigenvalue weighted by molar-refractivity contribution is 5.92. The summed E-state index contributed by atoms with van der Waals surface area (Å²) in [4.78, 5) is 13.7. The molecule has 2 N–H and O–H groups in total. The number of ether oxygens (including phenoxy) is 1. The Balaban J connectivity index is 1.33. The van der Waals surface area contributed by atoms with Crippen LogP contribution in [0.25, 0.3) is 11.0 Å². The van der Waals surface area contributed by atoms with E-state index < -0.39 is 0 Å². The van der Waals surface area contributed by atoms with Gasteiger partial charge in [-0.1, -0.05) is 29.5 Å². The number of anilines is 1. The number of benzene rings is 2. The standard InChI is InChI=1S/C20H23N5O2/c1-27-19-9-5-3-7-17(19)21-20(26)14-24-12-10-15(11-13-24)25-18-8-4-2-6-16(18)22-23-25/h2-9,15H,10-14H2,1H3,(H,21,26)/p+1. The van der Waals surface area contributed by atoms with Crippen LogP contribution in [0, 0.1) is 0 Å². The van der Waals surface area contributed by atoms with Gasteiger partial charge in [-0.3, -0.25) is 4.79 Å². The van der Waals surface area contributed by atoms with E-state index in [2.05, 4.69) is 21.7 Å². The van der Waals surface area contributed by atoms with E-state index in [0.29, 0.717) is 24.0 Å². The lowest BCUT2D eigenvalue weighted by atomic mass is 10.0. The number of nitrogens with one attached hydrogen (secondary N) is 2. The second-order valence-electron chi connectivity index (χ2n) is 6.93. The maximum atomic E-state index is 12.4. The topological polar surface area (TPSA) is 73.5 Å². The Morgan fingerprint density at radius 2 is 1.93 bits per heavy atom. The molecule has 3 aromatic rings. The van der Waals surface area contributed by atoms with Gasteiger partial charge in [0.15, 0.2) is 6.54 Å². The minimum atomic E-state index is 0.0131. The zero-order chi connectivity index (χ0) is 18.6. The van der Waals surface area contributed by atoms with Gasteiger partial charge in [0, 0.05) is 12.8 Å². The van der Waals surface area contributed by atoms with Crippen molar-refractivity contribution in [3.05, 3.63) is 48.5 Å². The van der Waals surface area contributed by atoms with E-state index in [0.717, 1.165) is 37.0 Å². The number of carbonyl (C=O) groups excluding carboxylic acids is 1. The number of carbonyl (C=O) groups is 1. The molecule has 0 radical (unpaired) electrons. The first kappa shape index (κ1) is 17.5. The van der Waals surface area contributed by atoms with Crippen LogP contribution in [-0.4, -0.2) is 47.6 Å². The number of fused-ring (bicyclic) bond motifs is 1. The van der Waals surface area contributed by atoms with Crippen LogP contribution >= 0.6 is 0 Å². The van der Waals surface area contributed by atoms with Gasteiger partial charge in [-0.05, 0) is 24.3 Å². The molecule has 1 aliphatic rings. The van der Waals surface area contributed by atoms with Gasteiger partial charge in [0.1, 0.15) is 11.3 Å². The lowest BCUT2D eigenvalue weighted by molar-refractivity contribution is -0.897. The Morgan fingerprint density at radius 1 is 1.19 bits per heavy atom. The van der Waals surface area contributed by atoms with Crippen LogP contribution < -0.4 is 15.0 Å². The van der Waals surface area contributed by atoms with Crippen LogP contribution in [0.5, 0.6) is 5.75 Å². The van der Waals surface area contributed by atoms with Gasteiger partial charge in [-0.25, -0.2) is 4.68 Å². The van der Waals surface area contributed by atoms with E-state index in [4.69, 9.17) is 4.74 Å². The van der Waals surface area contributed by atoms with Gasteiger partial charge in [-0.2, -0.15) is 0 Å². The van der Waals surface area contributed by atoms with E-state index in [1.54, 1.807) is 7.11 Å². The second-order valence-corrected chi connectivity index (χ2v) is 6.93. The van der Waals surface area contributed by atoms with Crippen molar-refractivity contribution in [2.24, 2.45) is 0 Å². The van der Waals surface area contributed by atoms with Gasteiger partial charge in [-0.15, -0.1) is 5.10 Å². The molecule has 1 amide bonds. The highest BCUT2D eigenvalue weighted by Crippen LogP contribution is 2.23. The van der Waals surface area contributed by atoms with Gasteiger partial charge >= 0.3 is 0 Å². The Hall–Kier alpha value is -2.93. The van der Waals surface area contributed by atoms with Crippen molar-refractivity contribution in [2.75, 3.05) is 32.1 Å². The van der Waals surface area contributed by atoms with Gasteiger partial charge in [0.25, 0.3) is 5.91 Å². The first-order valence-electron chi connectivity index (χ1n) is 9.31. The fraction of sp³-hybridized carbons (Fsp3) is 0.350. The molecule has 1 fully saturated rings. The number of amides is 1. The van der Waals surface area contributed by atoms with Crippen molar-refractivity contribution in [1.29, 1.82) is 0 Å². The Labute approximate surface area is 157 Å². The maximum absolute atomic E-state index is 12.4. The number of quaternary nitrogens is 1. The molecule has 2 aromatic carbocycles. The minimum Gasteiger partial charge on any atom is -0.495 e. The van der Waals surface area contributed by atoms with E-state index in [9.17, 15) is 4.79 Å². The highest BCUT2D eigenvalue weighted by atomic mass is 16.5. The fourth-order valence-corrected chi connectivity index (χ4v) is 3.76. The number of rotatable bonds is 5. The van der Waals surface area contributed by atoms with Gasteiger partial charge in [0.2, 0.25) is 0 Å². The first-order valence-corrected chi connectivity index (χ1v) is 9.31. The SMILES string of the molecule is COc1ccccc1NC(=O)C[NH+]1CCC(n2nnc3ccccc32)CC1. The number of nitrogens with zero attached hydrogens (tertiary/aromatic N) is 3. The maximum Gasteiger partial charge on any atom is 0.279 e. The van der Waals surface area contributed by atoms with Crippen molar-refractivity contribution in [3.8, 4) is 5.75 Å². The molecule has 0 aliphatic carbocycles. The molecule has 0 unspecified atom stereocenters. The van der Waals surface area contributed by atoms with Crippen LogP contribution in [0.15, 0.2) is 48.5 Å². The second kappa shape index (κ2) is 7.75. The molecular formula is C20H24N5O2+. The predicted octanol–water partition coefficient (Wildman–Crippen LogP) is 1.30. The number of likely N-dealkylation sites (tertiary alicyclic amines) is 1. The van der Waals surface area contributed by atoms with Crippen molar-refractivity contribution in [1.82, 2.24) is 15.0 Å². The summed E-state index contributed by atoms with van der Waals surface area (Å²) in [6, 6.07) is 15.9. The highest BCUT2D eigenvalue weighted by Gasteiger charge is 2.26. The molecule has 0 atom stereocenters. The molecule has 2 heterocycles. The molecule has 1 aliphatic heterocycles. The van der Waals surface area contributed by atoms with Crippen LogP contribution in [0.4, 0.5) is 5.69 Å². The molecule has 7 heteroatoms. The zero-order valence-electron chi connectivity index (χ0n) is 15.4. The third-order valence-corrected chi connectivity index (χ3v) is 5.18. The smallest absolute Gasteiger partial charge is 0.279 e. The molecule has 1 saturated heterocycles. The number of para-hydroxylation sites is 3. The van der Waals surface area contributed by atoms with Gasteiger partial charge < -0.3 is 15.0 Å². The van der Waals surface area contributed by atoms with Crippen molar-refractivity contribution < 1.29 is 14.4 Å². The monoisotopic (exact) mass is 366 g/mol. The molecular weight excluding hydrogens is 342 g/mol. The summed E-state index contributed by atoms with van der Waals surface area (Å²) in [5, 5.41) is 11.6. The average molecular weight is 366 g/mol. The largest absolute Gasteiger partial charge is 0.495 e. The lowest BCUT2D eigenvalue weighted by Crippen LogP contribution is -3.14. The number of methoxy groups -OCH3 is 1. The summed E-state index contributed by atoms with van der Waals surface area (Å²) < 4.78 is 7.33. The number of aromatic nitrogens is 3. The summed E-state index contributed by atoms with van der Waals surface area (Å²) in [5.74, 6) is 0.691. The van der Waals surface area contributed by atoms with Crippen LogP contribution in [0.2, 0.25) is 0 Å². The summed E-state index contributed by atoms with van der Waals surface area (Å²) in [7, 11) is 1.61. The predicted molar refractivity (Wildman–Crippen MR) is 103 cm³/mol. The summed E-state index contributed by atoms with van der Waals surface area (Å²) in [5.41, 5.74) is 2.73. The van der Waals surface area contributed by atoms with E-state index in [-0.39, 0.29) is 5.91 Å². The first-order chi connectivity index (χ1) is 13.2. The number of hydrogen-bond donors (Lipinski definition) is 2. The van der Waals surface area contributed by atoms with Crippen LogP contribution in [0.3, 0.4) is 0 Å². The quantitative estimate of drug-likeness (QED) is 0.714. The average Bonchev–Trinajstić information content (AvgIpc) is 3.13. The summed E-state index contributed by atoms with van der Waals surface area (Å²) >= 11 is 0. The molecule has 140 valence electrons. The number of hydrogen-bond acceptors (Lipinski definition) is 4. The molecule has 0 bridgehead atoms. The molecule has 0 spiro atoms. The lowest BCUT2D eigenvalue weighted by Gasteiger charge is -2.29. The van der Waals surface area contributed by atoms with Crippen molar-refractivity contribution >= 4 is 22.6 Å². The number of piperidine rings is 1. The Kier molecular flexibility index (Phi) is 5.02. The molecule has 4 rings (SSSR count). The minimum absolute atomic E-state index is 0.0131. The van der Waals surface area contributed by atoms with Crippen LogP contribution in [-0.2, 0) is 4.79 Å².